The molecule has 0 unspecified atom stereocenters. The van der Waals surface area contributed by atoms with Gasteiger partial charge in [-0.2, -0.15) is 0 Å². The molecule has 0 radical (unpaired) electrons. The lowest BCUT2D eigenvalue weighted by Crippen LogP contribution is -2.57. The molecule has 0 aromatic carbocycles. The van der Waals surface area contributed by atoms with Crippen LogP contribution in [0.3, 0.4) is 0 Å². The van der Waals surface area contributed by atoms with Gasteiger partial charge in [0.15, 0.2) is 0 Å². The molecule has 1 amide bonds. The van der Waals surface area contributed by atoms with Gasteiger partial charge in [-0.25, -0.2) is 0 Å². The molecular weight excluding hydrogens is 318 g/mol. The second-order valence-corrected chi connectivity index (χ2v) is 7.29. The summed E-state index contributed by atoms with van der Waals surface area (Å²) in [6.07, 6.45) is 3.18. The highest BCUT2D eigenvalue weighted by Gasteiger charge is 2.44. The molecule has 2 saturated heterocycles. The largest absolute Gasteiger partial charge is 0.379 e. The number of aryl methyl sites for hydroxylation is 1. The zero-order valence-corrected chi connectivity index (χ0v) is 15.3. The fourth-order valence-electron chi connectivity index (χ4n) is 4.06. The van der Waals surface area contributed by atoms with Gasteiger partial charge in [-0.3, -0.25) is 14.7 Å². The summed E-state index contributed by atoms with van der Waals surface area (Å²) in [6, 6.07) is 6.29. The molecule has 0 bridgehead atoms. The van der Waals surface area contributed by atoms with Crippen LogP contribution in [0.1, 0.15) is 30.7 Å². The van der Waals surface area contributed by atoms with Gasteiger partial charge in [-0.15, -0.1) is 0 Å². The van der Waals surface area contributed by atoms with Crippen LogP contribution in [0.4, 0.5) is 0 Å². The van der Waals surface area contributed by atoms with Crippen molar-refractivity contribution in [2.75, 3.05) is 40.0 Å². The van der Waals surface area contributed by atoms with Crippen molar-refractivity contribution < 1.29 is 14.3 Å². The second kappa shape index (κ2) is 8.25. The van der Waals surface area contributed by atoms with Gasteiger partial charge >= 0.3 is 0 Å². The number of piperidine rings is 1. The average molecular weight is 347 g/mol. The number of carbonyl (C=O) groups excluding carboxylic acids is 1. The van der Waals surface area contributed by atoms with Gasteiger partial charge in [0.2, 0.25) is 5.91 Å². The van der Waals surface area contributed by atoms with Crippen LogP contribution in [-0.2, 0) is 20.8 Å². The van der Waals surface area contributed by atoms with Crippen LogP contribution in [0.5, 0.6) is 0 Å². The smallest absolute Gasteiger partial charge is 0.246 e. The first-order chi connectivity index (χ1) is 12.1. The van der Waals surface area contributed by atoms with E-state index in [0.29, 0.717) is 6.61 Å². The number of pyridine rings is 1. The molecule has 0 aliphatic carbocycles. The van der Waals surface area contributed by atoms with Gasteiger partial charge in [0.1, 0.15) is 6.61 Å². The summed E-state index contributed by atoms with van der Waals surface area (Å²) < 4.78 is 10.6. The molecule has 2 aliphatic rings. The first-order valence-electron chi connectivity index (χ1n) is 9.12. The van der Waals surface area contributed by atoms with Crippen molar-refractivity contribution in [3.05, 3.63) is 29.6 Å². The van der Waals surface area contributed by atoms with Crippen LogP contribution in [0, 0.1) is 12.3 Å². The molecule has 2 aliphatic heterocycles. The summed E-state index contributed by atoms with van der Waals surface area (Å²) >= 11 is 0. The summed E-state index contributed by atoms with van der Waals surface area (Å²) in [5, 5.41) is 3.13. The lowest BCUT2D eigenvalue weighted by molar-refractivity contribution is -0.130. The van der Waals surface area contributed by atoms with E-state index in [0.717, 1.165) is 56.9 Å². The van der Waals surface area contributed by atoms with E-state index in [-0.39, 0.29) is 24.0 Å². The Morgan fingerprint density at radius 1 is 1.40 bits per heavy atom. The quantitative estimate of drug-likeness (QED) is 0.875. The van der Waals surface area contributed by atoms with E-state index < -0.39 is 0 Å². The third-order valence-electron chi connectivity index (χ3n) is 5.56. The third-order valence-corrected chi connectivity index (χ3v) is 5.56. The Hall–Kier alpha value is -1.50. The van der Waals surface area contributed by atoms with Crippen LogP contribution >= 0.6 is 0 Å². The van der Waals surface area contributed by atoms with E-state index in [1.54, 1.807) is 7.11 Å². The molecule has 1 aromatic heterocycles. The minimum Gasteiger partial charge on any atom is -0.379 e. The van der Waals surface area contributed by atoms with Gasteiger partial charge in [0, 0.05) is 26.0 Å². The second-order valence-electron chi connectivity index (χ2n) is 7.29. The van der Waals surface area contributed by atoms with E-state index >= 15 is 0 Å². The number of nitrogens with one attached hydrogen (secondary N) is 1. The van der Waals surface area contributed by atoms with Crippen LogP contribution in [0.25, 0.3) is 0 Å². The maximum Gasteiger partial charge on any atom is 0.246 e. The minimum absolute atomic E-state index is 0.0521. The van der Waals surface area contributed by atoms with Crippen molar-refractivity contribution in [2.24, 2.45) is 5.41 Å². The molecule has 3 heterocycles. The van der Waals surface area contributed by atoms with Gasteiger partial charge in [0.25, 0.3) is 0 Å². The number of rotatable bonds is 5. The van der Waals surface area contributed by atoms with Crippen LogP contribution in [0.15, 0.2) is 18.2 Å². The van der Waals surface area contributed by atoms with E-state index in [1.165, 1.54) is 0 Å². The lowest BCUT2D eigenvalue weighted by Gasteiger charge is -2.49. The summed E-state index contributed by atoms with van der Waals surface area (Å²) in [6.45, 7) is 6.50. The minimum atomic E-state index is -0.0521. The molecule has 25 heavy (non-hydrogen) atoms. The molecule has 0 saturated carbocycles. The zero-order chi connectivity index (χ0) is 17.7. The zero-order valence-electron chi connectivity index (χ0n) is 15.3. The van der Waals surface area contributed by atoms with Crippen molar-refractivity contribution in [3.8, 4) is 0 Å². The van der Waals surface area contributed by atoms with E-state index in [1.807, 2.05) is 13.0 Å². The van der Waals surface area contributed by atoms with Crippen molar-refractivity contribution in [3.63, 3.8) is 0 Å². The maximum atomic E-state index is 12.0. The Morgan fingerprint density at radius 3 is 2.92 bits per heavy atom. The van der Waals surface area contributed by atoms with Gasteiger partial charge in [-0.1, -0.05) is 6.07 Å². The van der Waals surface area contributed by atoms with E-state index in [9.17, 15) is 4.79 Å². The highest BCUT2D eigenvalue weighted by Crippen LogP contribution is 2.41. The third kappa shape index (κ3) is 4.57. The number of methoxy groups -OCH3 is 1. The normalized spacial score (nSPS) is 23.5. The predicted octanol–water partition coefficient (Wildman–Crippen LogP) is 1.52. The first-order valence-corrected chi connectivity index (χ1v) is 9.12. The summed E-state index contributed by atoms with van der Waals surface area (Å²) in [5.74, 6) is -0.0521. The Balaban J connectivity index is 1.59. The number of aromatic nitrogens is 1. The predicted molar refractivity (Wildman–Crippen MR) is 95.2 cm³/mol. The number of likely N-dealkylation sites (tertiary alicyclic amines) is 1. The number of ether oxygens (including phenoxy) is 2. The van der Waals surface area contributed by atoms with Gasteiger partial charge < -0.3 is 14.8 Å². The molecule has 6 heteroatoms. The molecule has 1 spiro atoms. The SMILES string of the molecule is COCC(=O)N[C@H]1COCCC12CCN(Cc1cccc(C)n1)CC2. The molecule has 1 N–H and O–H groups in total. The van der Waals surface area contributed by atoms with E-state index in [4.69, 9.17) is 9.47 Å². The monoisotopic (exact) mass is 347 g/mol. The molecule has 3 rings (SSSR count). The van der Waals surface area contributed by atoms with Crippen molar-refractivity contribution in [1.29, 1.82) is 0 Å². The molecule has 138 valence electrons. The van der Waals surface area contributed by atoms with E-state index in [2.05, 4.69) is 27.3 Å². The average Bonchev–Trinajstić information content (AvgIpc) is 2.59. The standard InChI is InChI=1S/C19H29N3O3/c1-15-4-3-5-16(20-15)12-22-9-6-19(7-10-22)8-11-25-13-17(19)21-18(23)14-24-2/h3-5,17H,6-14H2,1-2H3,(H,21,23)/t17-/m0/s1. The summed E-state index contributed by atoms with van der Waals surface area (Å²) in [4.78, 5) is 19.0. The molecule has 6 nitrogen and oxygen atoms in total. The topological polar surface area (TPSA) is 63.7 Å². The van der Waals surface area contributed by atoms with Crippen LogP contribution in [-0.4, -0.2) is 61.9 Å². The first kappa shape index (κ1) is 18.3. The van der Waals surface area contributed by atoms with Crippen molar-refractivity contribution in [1.82, 2.24) is 15.2 Å². The van der Waals surface area contributed by atoms with Crippen LogP contribution in [0.2, 0.25) is 0 Å². The number of hydrogen-bond acceptors (Lipinski definition) is 5. The molecule has 1 atom stereocenters. The highest BCUT2D eigenvalue weighted by atomic mass is 16.5. The number of carbonyl (C=O) groups is 1. The number of nitrogens with zero attached hydrogens (tertiary/aromatic N) is 2. The molecular formula is C19H29N3O3. The van der Waals surface area contributed by atoms with Gasteiger partial charge in [-0.05, 0) is 56.8 Å². The lowest BCUT2D eigenvalue weighted by atomic mass is 9.69. The maximum absolute atomic E-state index is 12.0. The molecule has 2 fully saturated rings. The van der Waals surface area contributed by atoms with Gasteiger partial charge in [0.05, 0.1) is 18.3 Å². The Morgan fingerprint density at radius 2 is 2.20 bits per heavy atom. The number of amides is 1. The molecule has 1 aromatic rings. The van der Waals surface area contributed by atoms with Crippen LogP contribution < -0.4 is 5.32 Å². The summed E-state index contributed by atoms with van der Waals surface area (Å²) in [5.41, 5.74) is 2.35. The highest BCUT2D eigenvalue weighted by molar-refractivity contribution is 5.77. The Labute approximate surface area is 149 Å². The summed E-state index contributed by atoms with van der Waals surface area (Å²) in [7, 11) is 1.55. The fourth-order valence-corrected chi connectivity index (χ4v) is 4.06. The Bertz CT molecular complexity index is 585. The van der Waals surface area contributed by atoms with Crippen molar-refractivity contribution >= 4 is 5.91 Å². The fraction of sp³-hybridized carbons (Fsp3) is 0.684. The Kier molecular flexibility index (Phi) is 6.04. The van der Waals surface area contributed by atoms with Crippen molar-refractivity contribution in [2.45, 2.75) is 38.8 Å². The number of hydrogen-bond donors (Lipinski definition) is 1.